The van der Waals surface area contributed by atoms with Crippen LogP contribution in [0.3, 0.4) is 0 Å². The van der Waals surface area contributed by atoms with Crippen molar-refractivity contribution in [3.05, 3.63) is 76.4 Å². The Kier molecular flexibility index (Phi) is 12.5. The Labute approximate surface area is 370 Å². The Morgan fingerprint density at radius 2 is 1.75 bits per heavy atom. The van der Waals surface area contributed by atoms with E-state index in [9.17, 15) is 28.0 Å². The number of alkyl halides is 2. The first kappa shape index (κ1) is 43.5. The molecule has 18 heteroatoms. The Balaban J connectivity index is 0.741. The first-order valence-corrected chi connectivity index (χ1v) is 22.7. The van der Waals surface area contributed by atoms with Gasteiger partial charge in [-0.25, -0.2) is 23.5 Å². The number of nitrogens with one attached hydrogen (secondary N) is 2. The number of imidazole rings is 1. The van der Waals surface area contributed by atoms with Gasteiger partial charge in [-0.2, -0.15) is 5.10 Å². The number of oxazole rings is 1. The predicted molar refractivity (Wildman–Crippen MR) is 236 cm³/mol. The number of aromatic nitrogens is 6. The highest BCUT2D eigenvalue weighted by molar-refractivity contribution is 6.03. The molecule has 2 aliphatic heterocycles. The van der Waals surface area contributed by atoms with E-state index in [-0.39, 0.29) is 47.2 Å². The lowest BCUT2D eigenvalue weighted by molar-refractivity contribution is -0.149. The van der Waals surface area contributed by atoms with Crippen LogP contribution >= 0.6 is 0 Å². The SMILES string of the molecule is CN1C(=O)CCC(n2c(=O)n(C)c3c(CN4CCC(N(C)CCC5CCC(n6cc(NC(=O)c7coc(-c8ccnc(NCC9CC9)c8)n7)c(C(F)F)n6)CC5)CC4)cccc32)C1=O. The zero-order valence-corrected chi connectivity index (χ0v) is 36.7. The van der Waals surface area contributed by atoms with Crippen molar-refractivity contribution in [2.75, 3.05) is 50.9 Å². The summed E-state index contributed by atoms with van der Waals surface area (Å²) < 4.78 is 38.8. The van der Waals surface area contributed by atoms with Gasteiger partial charge >= 0.3 is 5.69 Å². The molecule has 1 atom stereocenters. The number of likely N-dealkylation sites (tertiary alicyclic amines) is 2. The van der Waals surface area contributed by atoms with Gasteiger partial charge in [0.1, 0.15) is 18.1 Å². The molecule has 4 fully saturated rings. The van der Waals surface area contributed by atoms with Crippen LogP contribution in [-0.4, -0.2) is 108 Å². The van der Waals surface area contributed by atoms with Gasteiger partial charge in [-0.15, -0.1) is 0 Å². The van der Waals surface area contributed by atoms with E-state index in [2.05, 4.69) is 48.6 Å². The second-order valence-corrected chi connectivity index (χ2v) is 18.2. The van der Waals surface area contributed by atoms with E-state index < -0.39 is 24.1 Å². The van der Waals surface area contributed by atoms with Gasteiger partial charge in [-0.3, -0.25) is 38.0 Å². The van der Waals surface area contributed by atoms with Crippen LogP contribution in [-0.2, 0) is 23.2 Å². The Bertz CT molecular complexity index is 2560. The number of aryl methyl sites for hydroxylation is 1. The minimum Gasteiger partial charge on any atom is -0.444 e. The molecule has 0 spiro atoms. The maximum Gasteiger partial charge on any atom is 0.329 e. The minimum absolute atomic E-state index is 0.0259. The van der Waals surface area contributed by atoms with Gasteiger partial charge in [-0.05, 0) is 126 Å². The number of hydrogen-bond acceptors (Lipinski definition) is 11. The molecule has 2 aliphatic carbocycles. The number of para-hydroxylation sites is 1. The van der Waals surface area contributed by atoms with Crippen molar-refractivity contribution in [1.82, 2.24) is 43.6 Å². The lowest BCUT2D eigenvalue weighted by atomic mass is 9.84. The summed E-state index contributed by atoms with van der Waals surface area (Å²) in [4.78, 5) is 66.6. The summed E-state index contributed by atoms with van der Waals surface area (Å²) in [5, 5.41) is 10.2. The first-order chi connectivity index (χ1) is 30.9. The summed E-state index contributed by atoms with van der Waals surface area (Å²) in [6.07, 6.45) is 11.2. The van der Waals surface area contributed by atoms with Gasteiger partial charge in [-0.1, -0.05) is 12.1 Å². The van der Waals surface area contributed by atoms with E-state index in [1.165, 1.54) is 32.3 Å². The van der Waals surface area contributed by atoms with Crippen molar-refractivity contribution in [2.24, 2.45) is 18.9 Å². The zero-order chi connectivity index (χ0) is 44.6. The largest absolute Gasteiger partial charge is 0.444 e. The van der Waals surface area contributed by atoms with Crippen LogP contribution in [0, 0.1) is 11.8 Å². The lowest BCUT2D eigenvalue weighted by Gasteiger charge is -2.38. The highest BCUT2D eigenvalue weighted by atomic mass is 19.3. The van der Waals surface area contributed by atoms with Crippen molar-refractivity contribution < 1.29 is 27.6 Å². The van der Waals surface area contributed by atoms with E-state index in [1.807, 2.05) is 12.1 Å². The van der Waals surface area contributed by atoms with E-state index in [0.717, 1.165) is 92.6 Å². The second-order valence-electron chi connectivity index (χ2n) is 18.2. The molecular weight excluding hydrogens is 825 g/mol. The van der Waals surface area contributed by atoms with E-state index in [4.69, 9.17) is 4.42 Å². The first-order valence-electron chi connectivity index (χ1n) is 22.7. The smallest absolute Gasteiger partial charge is 0.329 e. The van der Waals surface area contributed by atoms with Crippen LogP contribution in [0.4, 0.5) is 20.3 Å². The number of halogens is 2. The third kappa shape index (κ3) is 9.12. The molecule has 5 aromatic rings. The number of anilines is 2. The molecule has 9 rings (SSSR count). The number of fused-ring (bicyclic) bond motifs is 1. The molecule has 64 heavy (non-hydrogen) atoms. The van der Waals surface area contributed by atoms with Crippen LogP contribution in [0.25, 0.3) is 22.5 Å². The molecular formula is C46H57F2N11O5. The van der Waals surface area contributed by atoms with E-state index >= 15 is 0 Å². The topological polar surface area (TPSA) is 169 Å². The maximum absolute atomic E-state index is 14.2. The predicted octanol–water partition coefficient (Wildman–Crippen LogP) is 6.64. The number of carbonyl (C=O) groups excluding carboxylic acids is 3. The molecule has 6 heterocycles. The number of nitrogens with zero attached hydrogens (tertiary/aromatic N) is 9. The quantitative estimate of drug-likeness (QED) is 0.108. The van der Waals surface area contributed by atoms with Crippen molar-refractivity contribution in [2.45, 2.75) is 102 Å². The Hall–Kier alpha value is -5.75. The van der Waals surface area contributed by atoms with Crippen molar-refractivity contribution >= 4 is 40.3 Å². The second kappa shape index (κ2) is 18.4. The van der Waals surface area contributed by atoms with Crippen LogP contribution < -0.4 is 16.3 Å². The number of amides is 3. The fourth-order valence-corrected chi connectivity index (χ4v) is 9.89. The van der Waals surface area contributed by atoms with Crippen molar-refractivity contribution in [3.63, 3.8) is 0 Å². The number of benzene rings is 1. The monoisotopic (exact) mass is 881 g/mol. The molecule has 2 saturated heterocycles. The minimum atomic E-state index is -2.87. The molecule has 0 radical (unpaired) electrons. The van der Waals surface area contributed by atoms with Crippen LogP contribution in [0.2, 0.25) is 0 Å². The highest BCUT2D eigenvalue weighted by Crippen LogP contribution is 2.37. The fraction of sp³-hybridized carbons (Fsp3) is 0.543. The number of hydrogen-bond donors (Lipinski definition) is 2. The van der Waals surface area contributed by atoms with Crippen molar-refractivity contribution in [3.8, 4) is 11.5 Å². The summed E-state index contributed by atoms with van der Waals surface area (Å²) in [5.41, 5.74) is 2.46. The molecule has 4 aliphatic rings. The van der Waals surface area contributed by atoms with Gasteiger partial charge in [0.05, 0.1) is 22.8 Å². The molecule has 2 saturated carbocycles. The normalized spacial score (nSPS) is 21.4. The summed E-state index contributed by atoms with van der Waals surface area (Å²) in [5.74, 6) is 0.895. The number of pyridine rings is 1. The van der Waals surface area contributed by atoms with Crippen LogP contribution in [0.15, 0.2) is 58.2 Å². The number of likely N-dealkylation sites (N-methyl/N-ethyl adjacent to an activating group) is 1. The average Bonchev–Trinajstić information content (AvgIpc) is 3.71. The summed E-state index contributed by atoms with van der Waals surface area (Å²) in [6, 6.07) is 9.16. The number of piperidine rings is 2. The molecule has 0 bridgehead atoms. The summed E-state index contributed by atoms with van der Waals surface area (Å²) in [6.45, 7) is 4.38. The highest BCUT2D eigenvalue weighted by Gasteiger charge is 2.36. The Morgan fingerprint density at radius 1 is 0.984 bits per heavy atom. The summed E-state index contributed by atoms with van der Waals surface area (Å²) in [7, 11) is 5.44. The molecule has 1 unspecified atom stereocenters. The number of rotatable bonds is 15. The number of imide groups is 1. The molecule has 2 N–H and O–H groups in total. The van der Waals surface area contributed by atoms with E-state index in [0.29, 0.717) is 42.2 Å². The lowest BCUT2D eigenvalue weighted by Crippen LogP contribution is -2.45. The van der Waals surface area contributed by atoms with Crippen molar-refractivity contribution in [1.29, 1.82) is 0 Å². The van der Waals surface area contributed by atoms with Crippen LogP contribution in [0.1, 0.15) is 111 Å². The molecule has 4 aromatic heterocycles. The average molecular weight is 882 g/mol. The zero-order valence-electron chi connectivity index (χ0n) is 36.7. The molecule has 340 valence electrons. The maximum atomic E-state index is 14.2. The molecule has 16 nitrogen and oxygen atoms in total. The van der Waals surface area contributed by atoms with Gasteiger partial charge in [0, 0.05) is 57.6 Å². The molecule has 1 aromatic carbocycles. The standard InChI is InChI=1S/C46H57F2N11O5/c1-54(32-17-21-57(22-18-32)25-31-5-4-6-36-41(31)56(3)46(63)59(36)37-13-14-39(60)55(2)45(37)62)20-16-28-9-11-33(12-10-28)58-26-34(40(53-58)42(47)48)51-43(61)35-27-64-44(52-35)30-15-19-49-38(23-30)50-24-29-7-8-29/h4-6,15,19,23,26-29,32-33,37,42H,7-14,16-18,20-22,24-25H2,1-3H3,(H,49,50)(H,51,61). The van der Waals surface area contributed by atoms with Gasteiger partial charge in [0.15, 0.2) is 11.4 Å². The third-order valence-corrected chi connectivity index (χ3v) is 14.0. The third-order valence-electron chi connectivity index (χ3n) is 14.0. The number of carbonyl (C=O) groups is 3. The molecule has 3 amide bonds. The van der Waals surface area contributed by atoms with Gasteiger partial charge in [0.25, 0.3) is 18.2 Å². The van der Waals surface area contributed by atoms with Gasteiger partial charge < -0.3 is 20.0 Å². The van der Waals surface area contributed by atoms with Gasteiger partial charge in [0.2, 0.25) is 11.8 Å². The van der Waals surface area contributed by atoms with Crippen LogP contribution in [0.5, 0.6) is 0 Å². The fourth-order valence-electron chi connectivity index (χ4n) is 9.89. The summed E-state index contributed by atoms with van der Waals surface area (Å²) >= 11 is 0. The Morgan fingerprint density at radius 3 is 2.50 bits per heavy atom. The van der Waals surface area contributed by atoms with E-state index in [1.54, 1.807) is 39.2 Å².